The Balaban J connectivity index is 3.46. The fraction of sp³-hybridized carbons (Fsp3) is 0.909. The van der Waals surface area contributed by atoms with Gasteiger partial charge >= 0.3 is 5.97 Å². The molecule has 0 fully saturated rings. The van der Waals surface area contributed by atoms with Crippen LogP contribution in [0.1, 0.15) is 39.5 Å². The number of hydrogen-bond donors (Lipinski definition) is 1. The minimum atomic E-state index is -0.185. The summed E-state index contributed by atoms with van der Waals surface area (Å²) in [5.41, 5.74) is 0. The van der Waals surface area contributed by atoms with Crippen LogP contribution in [-0.4, -0.2) is 26.2 Å². The van der Waals surface area contributed by atoms with Crippen LogP contribution in [-0.2, 0) is 9.53 Å². The predicted octanol–water partition coefficient (Wildman–Crippen LogP) is 1.97. The van der Waals surface area contributed by atoms with E-state index in [4.69, 9.17) is 0 Å². The normalized spacial score (nSPS) is 12.5. The van der Waals surface area contributed by atoms with Crippen LogP contribution < -0.4 is 5.32 Å². The van der Waals surface area contributed by atoms with E-state index in [0.717, 1.165) is 6.54 Å². The first-order valence-corrected chi connectivity index (χ1v) is 5.52. The Hall–Kier alpha value is -0.570. The van der Waals surface area contributed by atoms with E-state index in [1.165, 1.54) is 32.8 Å². The molecule has 1 N–H and O–H groups in total. The van der Waals surface area contributed by atoms with E-state index in [2.05, 4.69) is 23.9 Å². The average molecular weight is 201 g/mol. The Morgan fingerprint density at radius 1 is 1.43 bits per heavy atom. The van der Waals surface area contributed by atoms with Crippen molar-refractivity contribution in [1.29, 1.82) is 0 Å². The number of carbonyl (C=O) groups excluding carboxylic acids is 1. The quantitative estimate of drug-likeness (QED) is 0.610. The molecule has 0 rings (SSSR count). The summed E-state index contributed by atoms with van der Waals surface area (Å²) >= 11 is 0. The molecule has 3 heteroatoms. The number of esters is 1. The fourth-order valence-corrected chi connectivity index (χ4v) is 1.39. The topological polar surface area (TPSA) is 38.3 Å². The average Bonchev–Trinajstić information content (AvgIpc) is 2.22. The van der Waals surface area contributed by atoms with Crippen LogP contribution >= 0.6 is 0 Å². The second-order valence-corrected chi connectivity index (χ2v) is 3.62. The highest BCUT2D eigenvalue weighted by atomic mass is 16.5. The summed E-state index contributed by atoms with van der Waals surface area (Å²) in [5.74, 6) is 0.509. The predicted molar refractivity (Wildman–Crippen MR) is 58.2 cm³/mol. The van der Waals surface area contributed by atoms with Crippen LogP contribution in [0.2, 0.25) is 0 Å². The molecule has 0 aliphatic rings. The van der Waals surface area contributed by atoms with E-state index >= 15 is 0 Å². The molecule has 0 aliphatic heterocycles. The first-order chi connectivity index (χ1) is 6.74. The number of carbonyl (C=O) groups is 1. The van der Waals surface area contributed by atoms with Gasteiger partial charge in [-0.2, -0.15) is 0 Å². The third-order valence-electron chi connectivity index (χ3n) is 2.47. The molecule has 1 atom stereocenters. The zero-order chi connectivity index (χ0) is 10.8. The van der Waals surface area contributed by atoms with Crippen LogP contribution in [0.4, 0.5) is 0 Å². The summed E-state index contributed by atoms with van der Waals surface area (Å²) in [4.78, 5) is 10.8. The number of unbranched alkanes of at least 4 members (excludes halogenated alkanes) is 1. The van der Waals surface area contributed by atoms with Crippen molar-refractivity contribution in [2.24, 2.45) is 5.92 Å². The Bertz CT molecular complexity index is 148. The maximum Gasteiger partial charge on any atom is 0.319 e. The third-order valence-corrected chi connectivity index (χ3v) is 2.47. The lowest BCUT2D eigenvalue weighted by atomic mass is 9.99. The molecule has 0 aromatic heterocycles. The molecule has 0 radical (unpaired) electrons. The number of rotatable bonds is 8. The monoisotopic (exact) mass is 201 g/mol. The minimum absolute atomic E-state index is 0.185. The van der Waals surface area contributed by atoms with Crippen molar-refractivity contribution in [3.05, 3.63) is 0 Å². The van der Waals surface area contributed by atoms with E-state index in [9.17, 15) is 4.79 Å². The van der Waals surface area contributed by atoms with Crippen molar-refractivity contribution in [3.63, 3.8) is 0 Å². The zero-order valence-electron chi connectivity index (χ0n) is 9.64. The summed E-state index contributed by atoms with van der Waals surface area (Å²) < 4.78 is 4.55. The Morgan fingerprint density at radius 2 is 2.14 bits per heavy atom. The van der Waals surface area contributed by atoms with Gasteiger partial charge in [-0.3, -0.25) is 4.79 Å². The molecule has 84 valence electrons. The van der Waals surface area contributed by atoms with Crippen molar-refractivity contribution >= 4 is 5.97 Å². The number of nitrogens with one attached hydrogen (secondary N) is 1. The van der Waals surface area contributed by atoms with Crippen molar-refractivity contribution < 1.29 is 9.53 Å². The van der Waals surface area contributed by atoms with Gasteiger partial charge in [-0.15, -0.1) is 0 Å². The highest BCUT2D eigenvalue weighted by Gasteiger charge is 2.06. The van der Waals surface area contributed by atoms with Crippen LogP contribution in [0, 0.1) is 5.92 Å². The van der Waals surface area contributed by atoms with Crippen LogP contribution in [0.3, 0.4) is 0 Å². The van der Waals surface area contributed by atoms with E-state index in [1.54, 1.807) is 0 Å². The molecule has 0 spiro atoms. The van der Waals surface area contributed by atoms with Gasteiger partial charge in [0.25, 0.3) is 0 Å². The van der Waals surface area contributed by atoms with Gasteiger partial charge in [-0.1, -0.05) is 33.1 Å². The molecular formula is C11H23NO2. The van der Waals surface area contributed by atoms with E-state index in [1.807, 2.05) is 0 Å². The van der Waals surface area contributed by atoms with Crippen molar-refractivity contribution in [3.8, 4) is 0 Å². The first kappa shape index (κ1) is 13.4. The van der Waals surface area contributed by atoms with E-state index < -0.39 is 0 Å². The zero-order valence-corrected chi connectivity index (χ0v) is 9.64. The van der Waals surface area contributed by atoms with Gasteiger partial charge in [0, 0.05) is 0 Å². The second kappa shape index (κ2) is 9.00. The molecule has 0 saturated carbocycles. The van der Waals surface area contributed by atoms with Gasteiger partial charge in [0.1, 0.15) is 0 Å². The molecule has 14 heavy (non-hydrogen) atoms. The van der Waals surface area contributed by atoms with Gasteiger partial charge in [0.15, 0.2) is 0 Å². The second-order valence-electron chi connectivity index (χ2n) is 3.62. The molecule has 0 bridgehead atoms. The summed E-state index contributed by atoms with van der Waals surface area (Å²) in [6.07, 6.45) is 4.95. The molecule has 0 aliphatic carbocycles. The van der Waals surface area contributed by atoms with Crippen molar-refractivity contribution in [1.82, 2.24) is 5.32 Å². The van der Waals surface area contributed by atoms with Gasteiger partial charge < -0.3 is 10.1 Å². The molecule has 0 saturated heterocycles. The molecule has 0 heterocycles. The number of ether oxygens (including phenoxy) is 1. The molecule has 0 aromatic carbocycles. The van der Waals surface area contributed by atoms with Gasteiger partial charge in [0.05, 0.1) is 13.7 Å². The maximum atomic E-state index is 10.8. The van der Waals surface area contributed by atoms with Gasteiger partial charge in [0.2, 0.25) is 0 Å². The highest BCUT2D eigenvalue weighted by Crippen LogP contribution is 2.10. The SMILES string of the molecule is CCCCC(CC)CNCC(=O)OC. The van der Waals surface area contributed by atoms with E-state index in [-0.39, 0.29) is 5.97 Å². The fourth-order valence-electron chi connectivity index (χ4n) is 1.39. The Labute approximate surface area is 87.2 Å². The minimum Gasteiger partial charge on any atom is -0.468 e. The number of methoxy groups -OCH3 is 1. The smallest absolute Gasteiger partial charge is 0.319 e. The molecule has 1 unspecified atom stereocenters. The summed E-state index contributed by atoms with van der Waals surface area (Å²) in [5, 5.41) is 3.12. The summed E-state index contributed by atoms with van der Waals surface area (Å²) in [6.45, 7) is 5.65. The van der Waals surface area contributed by atoms with Crippen LogP contribution in [0.5, 0.6) is 0 Å². The molecule has 0 amide bonds. The van der Waals surface area contributed by atoms with Gasteiger partial charge in [-0.05, 0) is 18.9 Å². The molecule has 0 aromatic rings. The largest absolute Gasteiger partial charge is 0.468 e. The van der Waals surface area contributed by atoms with Crippen LogP contribution in [0.15, 0.2) is 0 Å². The Kier molecular flexibility index (Phi) is 8.64. The van der Waals surface area contributed by atoms with Crippen molar-refractivity contribution in [2.45, 2.75) is 39.5 Å². The van der Waals surface area contributed by atoms with Crippen molar-refractivity contribution in [2.75, 3.05) is 20.2 Å². The third kappa shape index (κ3) is 6.89. The Morgan fingerprint density at radius 3 is 2.64 bits per heavy atom. The lowest BCUT2D eigenvalue weighted by Crippen LogP contribution is -2.28. The summed E-state index contributed by atoms with van der Waals surface area (Å²) in [6, 6.07) is 0. The maximum absolute atomic E-state index is 10.8. The molecule has 3 nitrogen and oxygen atoms in total. The summed E-state index contributed by atoms with van der Waals surface area (Å²) in [7, 11) is 1.42. The lowest BCUT2D eigenvalue weighted by Gasteiger charge is -2.14. The van der Waals surface area contributed by atoms with Gasteiger partial charge in [-0.25, -0.2) is 0 Å². The highest BCUT2D eigenvalue weighted by molar-refractivity contribution is 5.71. The number of hydrogen-bond acceptors (Lipinski definition) is 3. The standard InChI is InChI=1S/C11H23NO2/c1-4-6-7-10(5-2)8-12-9-11(13)14-3/h10,12H,4-9H2,1-3H3. The molecular weight excluding hydrogens is 178 g/mol. The van der Waals surface area contributed by atoms with E-state index in [0.29, 0.717) is 12.5 Å². The lowest BCUT2D eigenvalue weighted by molar-refractivity contribution is -0.139. The first-order valence-electron chi connectivity index (χ1n) is 5.52. The van der Waals surface area contributed by atoms with Crippen LogP contribution in [0.25, 0.3) is 0 Å².